The number of imide groups is 1. The second kappa shape index (κ2) is 7.48. The highest BCUT2D eigenvalue weighted by molar-refractivity contribution is 6.60. The molecule has 0 saturated heterocycles. The maximum absolute atomic E-state index is 14.0. The van der Waals surface area contributed by atoms with Crippen LogP contribution in [0.25, 0.3) is 5.57 Å². The summed E-state index contributed by atoms with van der Waals surface area (Å²) >= 11 is 6.07. The Hall–Kier alpha value is -2.73. The van der Waals surface area contributed by atoms with Crippen molar-refractivity contribution in [3.8, 4) is 5.75 Å². The smallest absolute Gasteiger partial charge is 0.277 e. The summed E-state index contributed by atoms with van der Waals surface area (Å²) in [5.41, 5.74) is 0.0116. The SMILES string of the molecule is CC(C)COc1ccc(C2=C(Cl)C(=O)N(c3ccc(F)cc3F)C2=O)cc1. The number of nitrogens with zero attached hydrogens (tertiary/aromatic N) is 1. The van der Waals surface area contributed by atoms with Crippen molar-refractivity contribution in [3.63, 3.8) is 0 Å². The van der Waals surface area contributed by atoms with Crippen LogP contribution in [0.4, 0.5) is 14.5 Å². The summed E-state index contributed by atoms with van der Waals surface area (Å²) in [6.07, 6.45) is 0. The van der Waals surface area contributed by atoms with Crippen molar-refractivity contribution in [2.45, 2.75) is 13.8 Å². The normalized spacial score (nSPS) is 14.5. The van der Waals surface area contributed by atoms with E-state index in [0.29, 0.717) is 34.8 Å². The van der Waals surface area contributed by atoms with Crippen LogP contribution in [0.1, 0.15) is 19.4 Å². The van der Waals surface area contributed by atoms with Gasteiger partial charge in [0, 0.05) is 6.07 Å². The molecule has 3 rings (SSSR count). The molecule has 0 fully saturated rings. The van der Waals surface area contributed by atoms with E-state index in [1.165, 1.54) is 0 Å². The van der Waals surface area contributed by atoms with E-state index in [-0.39, 0.29) is 16.3 Å². The molecule has 0 aromatic heterocycles. The molecule has 7 heteroatoms. The lowest BCUT2D eigenvalue weighted by molar-refractivity contribution is -0.119. The van der Waals surface area contributed by atoms with Gasteiger partial charge in [0.1, 0.15) is 22.4 Å². The summed E-state index contributed by atoms with van der Waals surface area (Å²) in [5, 5.41) is -0.320. The van der Waals surface area contributed by atoms with Gasteiger partial charge in [-0.2, -0.15) is 0 Å². The molecule has 0 atom stereocenters. The van der Waals surface area contributed by atoms with Gasteiger partial charge in [0.2, 0.25) is 0 Å². The summed E-state index contributed by atoms with van der Waals surface area (Å²) < 4.78 is 32.7. The molecular weight excluding hydrogens is 376 g/mol. The van der Waals surface area contributed by atoms with Crippen LogP contribution >= 0.6 is 11.6 Å². The minimum atomic E-state index is -1.03. The zero-order valence-corrected chi connectivity index (χ0v) is 15.4. The van der Waals surface area contributed by atoms with Crippen molar-refractivity contribution in [2.24, 2.45) is 5.92 Å². The van der Waals surface area contributed by atoms with Crippen LogP contribution < -0.4 is 9.64 Å². The van der Waals surface area contributed by atoms with Gasteiger partial charge in [0.15, 0.2) is 0 Å². The van der Waals surface area contributed by atoms with Gasteiger partial charge in [0.25, 0.3) is 11.8 Å². The predicted molar refractivity (Wildman–Crippen MR) is 98.4 cm³/mol. The van der Waals surface area contributed by atoms with Gasteiger partial charge >= 0.3 is 0 Å². The first-order valence-corrected chi connectivity index (χ1v) is 8.64. The molecule has 0 radical (unpaired) electrons. The number of halogens is 3. The monoisotopic (exact) mass is 391 g/mol. The van der Waals surface area contributed by atoms with E-state index in [0.717, 1.165) is 12.1 Å². The van der Waals surface area contributed by atoms with Crippen LogP contribution in [-0.4, -0.2) is 18.4 Å². The number of ether oxygens (including phenoxy) is 1. The van der Waals surface area contributed by atoms with Gasteiger partial charge in [0.05, 0.1) is 17.9 Å². The highest BCUT2D eigenvalue weighted by atomic mass is 35.5. The number of amides is 2. The van der Waals surface area contributed by atoms with Gasteiger partial charge < -0.3 is 4.74 Å². The quantitative estimate of drug-likeness (QED) is 0.704. The summed E-state index contributed by atoms with van der Waals surface area (Å²) in [6.45, 7) is 4.58. The van der Waals surface area contributed by atoms with Crippen LogP contribution in [0.3, 0.4) is 0 Å². The Morgan fingerprint density at radius 3 is 2.30 bits per heavy atom. The molecule has 2 aromatic carbocycles. The molecule has 0 unspecified atom stereocenters. The van der Waals surface area contributed by atoms with Crippen LogP contribution in [0, 0.1) is 17.6 Å². The van der Waals surface area contributed by atoms with Gasteiger partial charge in [-0.3, -0.25) is 9.59 Å². The Bertz CT molecular complexity index is 939. The molecule has 2 aromatic rings. The highest BCUT2D eigenvalue weighted by Crippen LogP contribution is 2.36. The maximum Gasteiger partial charge on any atom is 0.277 e. The largest absolute Gasteiger partial charge is 0.493 e. The van der Waals surface area contributed by atoms with E-state index in [1.54, 1.807) is 24.3 Å². The fourth-order valence-corrected chi connectivity index (χ4v) is 2.89. The van der Waals surface area contributed by atoms with Gasteiger partial charge in [-0.05, 0) is 35.7 Å². The Balaban J connectivity index is 1.90. The van der Waals surface area contributed by atoms with E-state index < -0.39 is 23.4 Å². The molecule has 1 aliphatic heterocycles. The number of benzene rings is 2. The fraction of sp³-hybridized carbons (Fsp3) is 0.200. The molecule has 2 amide bonds. The zero-order chi connectivity index (χ0) is 19.7. The molecule has 1 heterocycles. The standard InChI is InChI=1S/C20H16ClF2NO3/c1-11(2)10-27-14-6-3-12(4-7-14)17-18(21)20(26)24(19(17)25)16-8-5-13(22)9-15(16)23/h3-9,11H,10H2,1-2H3. The summed E-state index contributed by atoms with van der Waals surface area (Å²) in [7, 11) is 0. The molecule has 1 aliphatic rings. The third kappa shape index (κ3) is 3.71. The van der Waals surface area contributed by atoms with Crippen molar-refractivity contribution < 1.29 is 23.1 Å². The first-order valence-electron chi connectivity index (χ1n) is 8.26. The Kier molecular flexibility index (Phi) is 5.28. The third-order valence-electron chi connectivity index (χ3n) is 3.90. The predicted octanol–water partition coefficient (Wildman–Crippen LogP) is 4.52. The minimum Gasteiger partial charge on any atom is -0.493 e. The Morgan fingerprint density at radius 1 is 1.04 bits per heavy atom. The topological polar surface area (TPSA) is 46.6 Å². The molecule has 140 valence electrons. The lowest BCUT2D eigenvalue weighted by Gasteiger charge is -2.15. The average Bonchev–Trinajstić information content (AvgIpc) is 2.84. The van der Waals surface area contributed by atoms with Gasteiger partial charge in [-0.1, -0.05) is 37.6 Å². The van der Waals surface area contributed by atoms with Crippen molar-refractivity contribution in [1.82, 2.24) is 0 Å². The first kappa shape index (κ1) is 19.0. The van der Waals surface area contributed by atoms with Crippen molar-refractivity contribution in [3.05, 3.63) is 64.7 Å². The Labute approximate surface area is 160 Å². The maximum atomic E-state index is 14.0. The zero-order valence-electron chi connectivity index (χ0n) is 14.6. The summed E-state index contributed by atoms with van der Waals surface area (Å²) in [6, 6.07) is 9.11. The van der Waals surface area contributed by atoms with E-state index in [2.05, 4.69) is 0 Å². The van der Waals surface area contributed by atoms with Crippen molar-refractivity contribution >= 4 is 34.7 Å². The number of carbonyl (C=O) groups is 2. The lowest BCUT2D eigenvalue weighted by Crippen LogP contribution is -2.32. The highest BCUT2D eigenvalue weighted by Gasteiger charge is 2.40. The number of carbonyl (C=O) groups excluding carboxylic acids is 2. The molecule has 27 heavy (non-hydrogen) atoms. The molecular formula is C20H16ClF2NO3. The number of anilines is 1. The number of hydrogen-bond acceptors (Lipinski definition) is 3. The molecule has 4 nitrogen and oxygen atoms in total. The van der Waals surface area contributed by atoms with Crippen LogP contribution in [0.2, 0.25) is 0 Å². The van der Waals surface area contributed by atoms with Crippen LogP contribution in [0.5, 0.6) is 5.75 Å². The molecule has 0 saturated carbocycles. The first-order chi connectivity index (χ1) is 12.8. The van der Waals surface area contributed by atoms with E-state index in [1.807, 2.05) is 13.8 Å². The van der Waals surface area contributed by atoms with Gasteiger partial charge in [-0.15, -0.1) is 0 Å². The fourth-order valence-electron chi connectivity index (χ4n) is 2.62. The van der Waals surface area contributed by atoms with Crippen LogP contribution in [0.15, 0.2) is 47.5 Å². The summed E-state index contributed by atoms with van der Waals surface area (Å²) in [4.78, 5) is 25.8. The molecule has 0 spiro atoms. The average molecular weight is 392 g/mol. The second-order valence-corrected chi connectivity index (χ2v) is 6.84. The second-order valence-electron chi connectivity index (χ2n) is 6.46. The van der Waals surface area contributed by atoms with E-state index >= 15 is 0 Å². The molecule has 0 N–H and O–H groups in total. The van der Waals surface area contributed by atoms with Crippen LogP contribution in [-0.2, 0) is 9.59 Å². The molecule has 0 bridgehead atoms. The lowest BCUT2D eigenvalue weighted by atomic mass is 10.1. The minimum absolute atomic E-state index is 0.0409. The van der Waals surface area contributed by atoms with E-state index in [9.17, 15) is 18.4 Å². The number of rotatable bonds is 5. The summed E-state index contributed by atoms with van der Waals surface area (Å²) in [5.74, 6) is -2.50. The van der Waals surface area contributed by atoms with Crippen molar-refractivity contribution in [1.29, 1.82) is 0 Å². The van der Waals surface area contributed by atoms with E-state index in [4.69, 9.17) is 16.3 Å². The van der Waals surface area contributed by atoms with Crippen molar-refractivity contribution in [2.75, 3.05) is 11.5 Å². The number of hydrogen-bond donors (Lipinski definition) is 0. The Morgan fingerprint density at radius 2 is 1.70 bits per heavy atom. The van der Waals surface area contributed by atoms with Gasteiger partial charge in [-0.25, -0.2) is 13.7 Å². The molecule has 0 aliphatic carbocycles. The third-order valence-corrected chi connectivity index (χ3v) is 4.25.